The molecule has 0 radical (unpaired) electrons. The van der Waals surface area contributed by atoms with Crippen LogP contribution in [-0.2, 0) is 12.8 Å². The highest BCUT2D eigenvalue weighted by molar-refractivity contribution is 5.26. The average molecular weight is 255 g/mol. The summed E-state index contributed by atoms with van der Waals surface area (Å²) in [5.41, 5.74) is 2.62. The fourth-order valence-corrected chi connectivity index (χ4v) is 2.17. The Morgan fingerprint density at radius 3 is 2.32 bits per heavy atom. The van der Waals surface area contributed by atoms with Crippen LogP contribution in [0.5, 0.6) is 5.75 Å². The number of rotatable bonds is 6. The van der Waals surface area contributed by atoms with Crippen molar-refractivity contribution in [2.45, 2.75) is 25.8 Å². The SMILES string of the molecule is CC(Cc1ccc(O)cc1)NCCc1ccccc1. The first-order valence-corrected chi connectivity index (χ1v) is 6.79. The van der Waals surface area contributed by atoms with Gasteiger partial charge in [-0.05, 0) is 49.6 Å². The van der Waals surface area contributed by atoms with Gasteiger partial charge in [0.25, 0.3) is 0 Å². The minimum absolute atomic E-state index is 0.327. The number of aromatic hydroxyl groups is 1. The average Bonchev–Trinajstić information content (AvgIpc) is 2.43. The molecule has 0 heterocycles. The van der Waals surface area contributed by atoms with Gasteiger partial charge in [-0.25, -0.2) is 0 Å². The van der Waals surface area contributed by atoms with Gasteiger partial charge in [0.1, 0.15) is 5.75 Å². The number of hydrogen-bond acceptors (Lipinski definition) is 2. The third kappa shape index (κ3) is 4.76. The Hall–Kier alpha value is -1.80. The van der Waals surface area contributed by atoms with Crippen LogP contribution in [-0.4, -0.2) is 17.7 Å². The maximum atomic E-state index is 9.24. The Kier molecular flexibility index (Phi) is 4.99. The van der Waals surface area contributed by atoms with Gasteiger partial charge < -0.3 is 10.4 Å². The first-order chi connectivity index (χ1) is 9.24. The predicted molar refractivity (Wildman–Crippen MR) is 79.4 cm³/mol. The first-order valence-electron chi connectivity index (χ1n) is 6.79. The molecule has 0 aliphatic carbocycles. The van der Waals surface area contributed by atoms with Crippen LogP contribution in [0.3, 0.4) is 0 Å². The van der Waals surface area contributed by atoms with Crippen molar-refractivity contribution in [1.29, 1.82) is 0 Å². The molecule has 1 atom stereocenters. The first kappa shape index (κ1) is 13.6. The van der Waals surface area contributed by atoms with E-state index in [0.717, 1.165) is 19.4 Å². The predicted octanol–water partition coefficient (Wildman–Crippen LogP) is 3.16. The van der Waals surface area contributed by atoms with Gasteiger partial charge in [0.15, 0.2) is 0 Å². The second-order valence-corrected chi connectivity index (χ2v) is 4.96. The third-order valence-corrected chi connectivity index (χ3v) is 3.23. The van der Waals surface area contributed by atoms with Crippen LogP contribution < -0.4 is 5.32 Å². The summed E-state index contributed by atoms with van der Waals surface area (Å²) in [6, 6.07) is 18.4. The molecule has 0 aliphatic heterocycles. The molecule has 19 heavy (non-hydrogen) atoms. The molecule has 2 aromatic rings. The number of phenols is 1. The zero-order valence-corrected chi connectivity index (χ0v) is 11.3. The summed E-state index contributed by atoms with van der Waals surface area (Å²) in [4.78, 5) is 0. The summed E-state index contributed by atoms with van der Waals surface area (Å²) in [6.07, 6.45) is 2.04. The Labute approximate surface area is 115 Å². The molecule has 100 valence electrons. The Morgan fingerprint density at radius 2 is 1.63 bits per heavy atom. The third-order valence-electron chi connectivity index (χ3n) is 3.23. The lowest BCUT2D eigenvalue weighted by atomic mass is 10.1. The zero-order chi connectivity index (χ0) is 13.5. The smallest absolute Gasteiger partial charge is 0.115 e. The van der Waals surface area contributed by atoms with Crippen LogP contribution >= 0.6 is 0 Å². The molecule has 0 saturated heterocycles. The van der Waals surface area contributed by atoms with Crippen molar-refractivity contribution in [2.75, 3.05) is 6.54 Å². The molecule has 0 aromatic heterocycles. The quantitative estimate of drug-likeness (QED) is 0.831. The van der Waals surface area contributed by atoms with Gasteiger partial charge in [-0.3, -0.25) is 0 Å². The lowest BCUT2D eigenvalue weighted by Gasteiger charge is -2.14. The van der Waals surface area contributed by atoms with Crippen molar-refractivity contribution < 1.29 is 5.11 Å². The minimum atomic E-state index is 0.327. The Balaban J connectivity index is 1.73. The number of benzene rings is 2. The molecule has 2 aromatic carbocycles. The fraction of sp³-hybridized carbons (Fsp3) is 0.294. The van der Waals surface area contributed by atoms with E-state index in [4.69, 9.17) is 0 Å². The van der Waals surface area contributed by atoms with Crippen LogP contribution in [0.4, 0.5) is 0 Å². The standard InChI is InChI=1S/C17H21NO/c1-14(13-16-7-9-17(19)10-8-16)18-12-11-15-5-3-2-4-6-15/h2-10,14,18-19H,11-13H2,1H3. The fourth-order valence-electron chi connectivity index (χ4n) is 2.17. The van der Waals surface area contributed by atoms with Crippen LogP contribution in [0.1, 0.15) is 18.1 Å². The monoisotopic (exact) mass is 255 g/mol. The van der Waals surface area contributed by atoms with Crippen molar-refractivity contribution in [2.24, 2.45) is 0 Å². The van der Waals surface area contributed by atoms with Crippen molar-refractivity contribution in [3.8, 4) is 5.75 Å². The topological polar surface area (TPSA) is 32.3 Å². The highest BCUT2D eigenvalue weighted by Crippen LogP contribution is 2.11. The van der Waals surface area contributed by atoms with Crippen molar-refractivity contribution in [1.82, 2.24) is 5.32 Å². The number of nitrogens with one attached hydrogen (secondary N) is 1. The lowest BCUT2D eigenvalue weighted by molar-refractivity contribution is 0.474. The van der Waals surface area contributed by atoms with Crippen LogP contribution in [0.2, 0.25) is 0 Å². The lowest BCUT2D eigenvalue weighted by Crippen LogP contribution is -2.29. The van der Waals surface area contributed by atoms with E-state index in [1.807, 2.05) is 18.2 Å². The van der Waals surface area contributed by atoms with Gasteiger partial charge in [-0.15, -0.1) is 0 Å². The molecule has 1 unspecified atom stereocenters. The number of hydrogen-bond donors (Lipinski definition) is 2. The van der Waals surface area contributed by atoms with Crippen LogP contribution in [0.25, 0.3) is 0 Å². The van der Waals surface area contributed by atoms with Gasteiger partial charge in [0.2, 0.25) is 0 Å². The Morgan fingerprint density at radius 1 is 0.947 bits per heavy atom. The molecule has 0 amide bonds. The molecular formula is C17H21NO. The molecule has 2 N–H and O–H groups in total. The number of phenolic OH excluding ortho intramolecular Hbond substituents is 1. The highest BCUT2D eigenvalue weighted by Gasteiger charge is 2.03. The maximum Gasteiger partial charge on any atom is 0.115 e. The van der Waals surface area contributed by atoms with Crippen molar-refractivity contribution in [3.05, 3.63) is 65.7 Å². The van der Waals surface area contributed by atoms with E-state index >= 15 is 0 Å². The van der Waals surface area contributed by atoms with Gasteiger partial charge in [-0.2, -0.15) is 0 Å². The molecule has 0 fully saturated rings. The van der Waals surface area contributed by atoms with E-state index in [2.05, 4.69) is 36.5 Å². The summed E-state index contributed by atoms with van der Waals surface area (Å²) in [7, 11) is 0. The van der Waals surface area contributed by atoms with E-state index in [1.54, 1.807) is 12.1 Å². The molecule has 0 spiro atoms. The molecule has 0 aliphatic rings. The molecule has 0 bridgehead atoms. The van der Waals surface area contributed by atoms with Gasteiger partial charge >= 0.3 is 0 Å². The van der Waals surface area contributed by atoms with Gasteiger partial charge in [0.05, 0.1) is 0 Å². The van der Waals surface area contributed by atoms with Crippen LogP contribution in [0.15, 0.2) is 54.6 Å². The molecule has 0 saturated carbocycles. The van der Waals surface area contributed by atoms with Gasteiger partial charge in [-0.1, -0.05) is 42.5 Å². The van der Waals surface area contributed by atoms with E-state index in [0.29, 0.717) is 11.8 Å². The minimum Gasteiger partial charge on any atom is -0.508 e. The second-order valence-electron chi connectivity index (χ2n) is 4.96. The molecule has 2 heteroatoms. The Bertz CT molecular complexity index is 478. The molecular weight excluding hydrogens is 234 g/mol. The zero-order valence-electron chi connectivity index (χ0n) is 11.3. The molecule has 2 nitrogen and oxygen atoms in total. The largest absolute Gasteiger partial charge is 0.508 e. The molecule has 2 rings (SSSR count). The van der Waals surface area contributed by atoms with E-state index in [1.165, 1.54) is 11.1 Å². The van der Waals surface area contributed by atoms with E-state index in [-0.39, 0.29) is 0 Å². The normalized spacial score (nSPS) is 12.3. The van der Waals surface area contributed by atoms with E-state index in [9.17, 15) is 5.11 Å². The summed E-state index contributed by atoms with van der Waals surface area (Å²) >= 11 is 0. The van der Waals surface area contributed by atoms with Crippen molar-refractivity contribution >= 4 is 0 Å². The summed E-state index contributed by atoms with van der Waals surface area (Å²) in [6.45, 7) is 3.18. The van der Waals surface area contributed by atoms with Crippen molar-refractivity contribution in [3.63, 3.8) is 0 Å². The second kappa shape index (κ2) is 6.95. The highest BCUT2D eigenvalue weighted by atomic mass is 16.3. The van der Waals surface area contributed by atoms with Gasteiger partial charge in [0, 0.05) is 6.04 Å². The maximum absolute atomic E-state index is 9.24. The van der Waals surface area contributed by atoms with E-state index < -0.39 is 0 Å². The summed E-state index contributed by atoms with van der Waals surface area (Å²) in [5.74, 6) is 0.327. The summed E-state index contributed by atoms with van der Waals surface area (Å²) in [5, 5.41) is 12.8. The summed E-state index contributed by atoms with van der Waals surface area (Å²) < 4.78 is 0. The van der Waals surface area contributed by atoms with Crippen LogP contribution in [0, 0.1) is 0 Å².